The van der Waals surface area contributed by atoms with E-state index in [-0.39, 0.29) is 6.10 Å². The van der Waals surface area contributed by atoms with Crippen LogP contribution in [0.2, 0.25) is 0 Å². The lowest BCUT2D eigenvalue weighted by Crippen LogP contribution is -1.98. The fraction of sp³-hybridized carbons (Fsp3) is 0.500. The Balaban J connectivity index is 2.17. The Labute approximate surface area is 72.6 Å². The minimum atomic E-state index is 0.224. The second-order valence-electron chi connectivity index (χ2n) is 3.16. The predicted octanol–water partition coefficient (Wildman–Crippen LogP) is 2.04. The first kappa shape index (κ1) is 7.74. The van der Waals surface area contributed by atoms with E-state index >= 15 is 0 Å². The topological polar surface area (TPSA) is 22.1 Å². The summed E-state index contributed by atoms with van der Waals surface area (Å²) in [4.78, 5) is 4.30. The third-order valence-electron chi connectivity index (χ3n) is 2.11. The Morgan fingerprint density at radius 2 is 2.58 bits per heavy atom. The molecule has 1 fully saturated rings. The fourth-order valence-electron chi connectivity index (χ4n) is 1.42. The number of nitrogens with zero attached hydrogens (tertiary/aromatic N) is 1. The van der Waals surface area contributed by atoms with E-state index in [9.17, 15) is 0 Å². The average molecular weight is 162 g/mol. The van der Waals surface area contributed by atoms with Crippen molar-refractivity contribution in [3.63, 3.8) is 0 Å². The normalized spacial score (nSPS) is 22.9. The van der Waals surface area contributed by atoms with E-state index in [1.165, 1.54) is 0 Å². The molecule has 0 saturated carbocycles. The summed E-state index contributed by atoms with van der Waals surface area (Å²) in [6.07, 6.45) is 4.32. The standard InChI is InChI=1S/C10H12NO/c1-8-4-5-9(11-7-8)10-3-2-6-12-10/h5,7,10H,2-3,6H2,1H3/t10-/m1/s1. The van der Waals surface area contributed by atoms with Crippen molar-refractivity contribution in [3.05, 3.63) is 29.6 Å². The molecule has 63 valence electrons. The van der Waals surface area contributed by atoms with Gasteiger partial charge in [0.2, 0.25) is 0 Å². The van der Waals surface area contributed by atoms with Crippen LogP contribution in [0.1, 0.15) is 30.2 Å². The quantitative estimate of drug-likeness (QED) is 0.630. The second-order valence-corrected chi connectivity index (χ2v) is 3.16. The highest BCUT2D eigenvalue weighted by Gasteiger charge is 2.18. The van der Waals surface area contributed by atoms with Crippen molar-refractivity contribution < 1.29 is 4.74 Å². The van der Waals surface area contributed by atoms with Crippen molar-refractivity contribution in [1.82, 2.24) is 4.98 Å². The lowest BCUT2D eigenvalue weighted by Gasteiger charge is -2.07. The Morgan fingerprint density at radius 1 is 1.67 bits per heavy atom. The molecule has 1 aliphatic rings. The summed E-state index contributed by atoms with van der Waals surface area (Å²) in [7, 11) is 0. The van der Waals surface area contributed by atoms with Gasteiger partial charge in [-0.05, 0) is 37.5 Å². The third-order valence-corrected chi connectivity index (χ3v) is 2.11. The van der Waals surface area contributed by atoms with E-state index in [1.54, 1.807) is 0 Å². The molecule has 0 unspecified atom stereocenters. The van der Waals surface area contributed by atoms with Crippen LogP contribution in [-0.2, 0) is 4.74 Å². The molecular formula is C10H12NO. The first-order valence-electron chi connectivity index (χ1n) is 4.32. The maximum Gasteiger partial charge on any atom is 0.0995 e. The van der Waals surface area contributed by atoms with Gasteiger partial charge in [0.1, 0.15) is 0 Å². The van der Waals surface area contributed by atoms with Gasteiger partial charge in [0.25, 0.3) is 0 Å². The monoisotopic (exact) mass is 162 g/mol. The van der Waals surface area contributed by atoms with Crippen LogP contribution in [0.3, 0.4) is 0 Å². The summed E-state index contributed by atoms with van der Waals surface area (Å²) in [6.45, 7) is 2.87. The maximum atomic E-state index is 5.50. The van der Waals surface area contributed by atoms with Crippen molar-refractivity contribution in [1.29, 1.82) is 0 Å². The van der Waals surface area contributed by atoms with Gasteiger partial charge in [-0.1, -0.05) is 0 Å². The molecule has 1 aliphatic heterocycles. The summed E-state index contributed by atoms with van der Waals surface area (Å²) < 4.78 is 5.50. The van der Waals surface area contributed by atoms with Crippen LogP contribution in [0, 0.1) is 13.0 Å². The van der Waals surface area contributed by atoms with Crippen LogP contribution in [-0.4, -0.2) is 11.6 Å². The average Bonchev–Trinajstić information content (AvgIpc) is 2.58. The van der Waals surface area contributed by atoms with Crippen LogP contribution in [0.4, 0.5) is 0 Å². The lowest BCUT2D eigenvalue weighted by molar-refractivity contribution is 0.108. The number of rotatable bonds is 1. The zero-order valence-electron chi connectivity index (χ0n) is 7.21. The smallest absolute Gasteiger partial charge is 0.0995 e. The highest BCUT2D eigenvalue weighted by molar-refractivity contribution is 5.12. The molecule has 2 heteroatoms. The predicted molar refractivity (Wildman–Crippen MR) is 45.7 cm³/mol. The molecule has 2 rings (SSSR count). The summed E-state index contributed by atoms with van der Waals surface area (Å²) >= 11 is 0. The van der Waals surface area contributed by atoms with Crippen LogP contribution in [0.25, 0.3) is 0 Å². The summed E-state index contributed by atoms with van der Waals surface area (Å²) in [5, 5.41) is 0. The van der Waals surface area contributed by atoms with Crippen molar-refractivity contribution in [2.45, 2.75) is 25.9 Å². The van der Waals surface area contributed by atoms with E-state index in [0.29, 0.717) is 0 Å². The molecule has 1 aromatic heterocycles. The van der Waals surface area contributed by atoms with Crippen molar-refractivity contribution in [3.8, 4) is 0 Å². The zero-order valence-corrected chi connectivity index (χ0v) is 7.21. The van der Waals surface area contributed by atoms with Crippen LogP contribution >= 0.6 is 0 Å². The van der Waals surface area contributed by atoms with Gasteiger partial charge in [-0.2, -0.15) is 0 Å². The van der Waals surface area contributed by atoms with E-state index < -0.39 is 0 Å². The highest BCUT2D eigenvalue weighted by Crippen LogP contribution is 2.26. The SMILES string of the molecule is Cc1[c]cc([C@H]2CCCO2)nc1. The van der Waals surface area contributed by atoms with E-state index in [2.05, 4.69) is 11.1 Å². The molecule has 0 aromatic carbocycles. The van der Waals surface area contributed by atoms with Gasteiger partial charge in [-0.15, -0.1) is 0 Å². The van der Waals surface area contributed by atoms with Gasteiger partial charge in [0.05, 0.1) is 11.8 Å². The molecule has 1 atom stereocenters. The first-order chi connectivity index (χ1) is 5.86. The molecular weight excluding hydrogens is 150 g/mol. The van der Waals surface area contributed by atoms with Gasteiger partial charge in [-0.3, -0.25) is 4.98 Å². The largest absolute Gasteiger partial charge is 0.372 e. The minimum Gasteiger partial charge on any atom is -0.372 e. The molecule has 1 saturated heterocycles. The Morgan fingerprint density at radius 3 is 3.17 bits per heavy atom. The summed E-state index contributed by atoms with van der Waals surface area (Å²) in [5.41, 5.74) is 2.11. The Kier molecular flexibility index (Phi) is 2.09. The third kappa shape index (κ3) is 1.48. The molecule has 0 aliphatic carbocycles. The molecule has 2 heterocycles. The van der Waals surface area contributed by atoms with Crippen LogP contribution in [0.15, 0.2) is 12.3 Å². The van der Waals surface area contributed by atoms with Gasteiger partial charge < -0.3 is 4.74 Å². The lowest BCUT2D eigenvalue weighted by atomic mass is 10.1. The number of ether oxygens (including phenoxy) is 1. The van der Waals surface area contributed by atoms with Gasteiger partial charge in [-0.25, -0.2) is 0 Å². The molecule has 1 aromatic rings. The highest BCUT2D eigenvalue weighted by atomic mass is 16.5. The summed E-state index contributed by atoms with van der Waals surface area (Å²) in [6, 6.07) is 5.07. The molecule has 0 amide bonds. The molecule has 0 N–H and O–H groups in total. The van der Waals surface area contributed by atoms with Crippen molar-refractivity contribution in [2.24, 2.45) is 0 Å². The molecule has 0 bridgehead atoms. The Bertz CT molecular complexity index is 249. The second kappa shape index (κ2) is 3.23. The number of aromatic nitrogens is 1. The van der Waals surface area contributed by atoms with Crippen LogP contribution < -0.4 is 0 Å². The van der Waals surface area contributed by atoms with Gasteiger partial charge in [0, 0.05) is 12.8 Å². The molecule has 0 spiro atoms. The van der Waals surface area contributed by atoms with E-state index in [0.717, 1.165) is 30.7 Å². The van der Waals surface area contributed by atoms with Gasteiger partial charge in [0.15, 0.2) is 0 Å². The molecule has 12 heavy (non-hydrogen) atoms. The number of pyridine rings is 1. The number of hydrogen-bond acceptors (Lipinski definition) is 2. The Hall–Kier alpha value is -0.890. The van der Waals surface area contributed by atoms with Crippen molar-refractivity contribution in [2.75, 3.05) is 6.61 Å². The number of aryl methyl sites for hydroxylation is 1. The first-order valence-corrected chi connectivity index (χ1v) is 4.32. The summed E-state index contributed by atoms with van der Waals surface area (Å²) in [5.74, 6) is 0. The van der Waals surface area contributed by atoms with Gasteiger partial charge >= 0.3 is 0 Å². The molecule has 1 radical (unpaired) electrons. The molecule has 2 nitrogen and oxygen atoms in total. The van der Waals surface area contributed by atoms with Crippen molar-refractivity contribution >= 4 is 0 Å². The maximum absolute atomic E-state index is 5.50. The number of hydrogen-bond donors (Lipinski definition) is 0. The van der Waals surface area contributed by atoms with E-state index in [4.69, 9.17) is 4.74 Å². The van der Waals surface area contributed by atoms with E-state index in [1.807, 2.05) is 19.2 Å². The van der Waals surface area contributed by atoms with Crippen LogP contribution in [0.5, 0.6) is 0 Å². The minimum absolute atomic E-state index is 0.224. The zero-order chi connectivity index (χ0) is 8.39. The fourth-order valence-corrected chi connectivity index (χ4v) is 1.42.